The highest BCUT2D eigenvalue weighted by atomic mass is 127. The van der Waals surface area contributed by atoms with Gasteiger partial charge in [-0.05, 0) is 31.1 Å². The topological polar surface area (TPSA) is 52.1 Å². The first-order valence-corrected chi connectivity index (χ1v) is 12.5. The molecular weight excluding hydrogens is 521 g/mol. The molecule has 174 valence electrons. The molecule has 3 heterocycles. The van der Waals surface area contributed by atoms with Gasteiger partial charge >= 0.3 is 0 Å². The van der Waals surface area contributed by atoms with Crippen molar-refractivity contribution >= 4 is 41.7 Å². The molecule has 0 radical (unpaired) electrons. The van der Waals surface area contributed by atoms with Crippen LogP contribution >= 0.6 is 35.7 Å². The fourth-order valence-electron chi connectivity index (χ4n) is 5.01. The number of guanidine groups is 1. The number of hydrogen-bond donors (Lipinski definition) is 2. The van der Waals surface area contributed by atoms with Gasteiger partial charge in [-0.15, -0.1) is 24.0 Å². The lowest BCUT2D eigenvalue weighted by Gasteiger charge is -2.43. The Kier molecular flexibility index (Phi) is 9.76. The molecule has 3 saturated heterocycles. The fraction of sp³-hybridized carbons (Fsp3) is 0.696. The second-order valence-electron chi connectivity index (χ2n) is 8.89. The predicted octanol–water partition coefficient (Wildman–Crippen LogP) is 2.64. The van der Waals surface area contributed by atoms with Crippen molar-refractivity contribution in [2.45, 2.75) is 43.9 Å². The Balaban J connectivity index is 0.00000272. The number of benzene rings is 1. The van der Waals surface area contributed by atoms with Crippen LogP contribution in [0, 0.1) is 0 Å². The summed E-state index contributed by atoms with van der Waals surface area (Å²) >= 11 is 2.08. The van der Waals surface area contributed by atoms with Crippen molar-refractivity contribution in [3.63, 3.8) is 0 Å². The number of thioether (sulfide) groups is 1. The molecule has 6 nitrogen and oxygen atoms in total. The van der Waals surface area contributed by atoms with Gasteiger partial charge < -0.3 is 15.4 Å². The highest BCUT2D eigenvalue weighted by Crippen LogP contribution is 2.33. The van der Waals surface area contributed by atoms with Gasteiger partial charge in [0, 0.05) is 63.1 Å². The second-order valence-corrected chi connectivity index (χ2v) is 10.00. The van der Waals surface area contributed by atoms with Crippen LogP contribution in [0.3, 0.4) is 0 Å². The number of rotatable bonds is 6. The van der Waals surface area contributed by atoms with E-state index in [2.05, 4.69) is 74.4 Å². The maximum Gasteiger partial charge on any atom is 0.191 e. The summed E-state index contributed by atoms with van der Waals surface area (Å²) in [6.07, 6.45) is 2.39. The lowest BCUT2D eigenvalue weighted by atomic mass is 9.95. The summed E-state index contributed by atoms with van der Waals surface area (Å²) in [4.78, 5) is 9.77. The average Bonchev–Trinajstić information content (AvgIpc) is 3.40. The largest absolute Gasteiger partial charge is 0.379 e. The summed E-state index contributed by atoms with van der Waals surface area (Å²) in [6.45, 7) is 9.17. The van der Waals surface area contributed by atoms with Crippen molar-refractivity contribution in [1.82, 2.24) is 20.4 Å². The van der Waals surface area contributed by atoms with Crippen molar-refractivity contribution in [2.75, 3.05) is 57.9 Å². The van der Waals surface area contributed by atoms with Gasteiger partial charge in [0.15, 0.2) is 5.96 Å². The number of nitrogens with one attached hydrogen (secondary N) is 2. The van der Waals surface area contributed by atoms with Crippen molar-refractivity contribution in [3.05, 3.63) is 35.9 Å². The summed E-state index contributed by atoms with van der Waals surface area (Å²) in [5.74, 6) is 3.39. The third-order valence-corrected chi connectivity index (χ3v) is 8.08. The highest BCUT2D eigenvalue weighted by Gasteiger charge is 2.41. The molecule has 3 aliphatic rings. The zero-order valence-electron chi connectivity index (χ0n) is 18.9. The van der Waals surface area contributed by atoms with E-state index in [1.54, 1.807) is 0 Å². The predicted molar refractivity (Wildman–Crippen MR) is 142 cm³/mol. The minimum absolute atomic E-state index is 0. The Morgan fingerprint density at radius 1 is 1.26 bits per heavy atom. The summed E-state index contributed by atoms with van der Waals surface area (Å²) < 4.78 is 5.59. The van der Waals surface area contributed by atoms with E-state index >= 15 is 0 Å². The molecule has 0 spiro atoms. The van der Waals surface area contributed by atoms with E-state index in [0.29, 0.717) is 12.1 Å². The van der Waals surface area contributed by atoms with Gasteiger partial charge in [-0.3, -0.25) is 14.8 Å². The molecule has 0 saturated carbocycles. The molecule has 3 atom stereocenters. The maximum atomic E-state index is 5.59. The molecule has 3 fully saturated rings. The van der Waals surface area contributed by atoms with Gasteiger partial charge in [-0.25, -0.2) is 0 Å². The van der Waals surface area contributed by atoms with E-state index < -0.39 is 0 Å². The van der Waals surface area contributed by atoms with Crippen molar-refractivity contribution in [2.24, 2.45) is 4.99 Å². The van der Waals surface area contributed by atoms with Crippen LogP contribution in [0.5, 0.6) is 0 Å². The highest BCUT2D eigenvalue weighted by molar-refractivity contribution is 14.0. The number of hydrogen-bond acceptors (Lipinski definition) is 5. The minimum Gasteiger partial charge on any atom is -0.379 e. The smallest absolute Gasteiger partial charge is 0.191 e. The van der Waals surface area contributed by atoms with Gasteiger partial charge in [-0.1, -0.05) is 30.3 Å². The number of halogens is 1. The van der Waals surface area contributed by atoms with Crippen molar-refractivity contribution < 1.29 is 4.74 Å². The van der Waals surface area contributed by atoms with E-state index in [9.17, 15) is 0 Å². The maximum absolute atomic E-state index is 5.59. The Morgan fingerprint density at radius 3 is 2.71 bits per heavy atom. The summed E-state index contributed by atoms with van der Waals surface area (Å²) in [6, 6.07) is 11.8. The Bertz CT molecular complexity index is 694. The first-order chi connectivity index (χ1) is 14.7. The van der Waals surface area contributed by atoms with Crippen LogP contribution in [0.25, 0.3) is 0 Å². The van der Waals surface area contributed by atoms with E-state index in [4.69, 9.17) is 4.74 Å². The minimum atomic E-state index is 0. The van der Waals surface area contributed by atoms with Gasteiger partial charge in [-0.2, -0.15) is 11.8 Å². The Labute approximate surface area is 209 Å². The van der Waals surface area contributed by atoms with Crippen LogP contribution in [-0.2, 0) is 11.3 Å². The molecule has 4 rings (SSSR count). The summed E-state index contributed by atoms with van der Waals surface area (Å²) in [7, 11) is 1.89. The summed E-state index contributed by atoms with van der Waals surface area (Å²) in [5.41, 5.74) is 1.62. The lowest BCUT2D eigenvalue weighted by Crippen LogP contribution is -2.60. The van der Waals surface area contributed by atoms with Crippen LogP contribution < -0.4 is 10.6 Å². The number of aliphatic imine (C=N–C) groups is 1. The third kappa shape index (κ3) is 6.50. The monoisotopic (exact) mass is 559 g/mol. The molecule has 0 bridgehead atoms. The van der Waals surface area contributed by atoms with Gasteiger partial charge in [0.1, 0.15) is 0 Å². The molecule has 1 aromatic rings. The number of ether oxygens (including phenoxy) is 1. The standard InChI is InChI=1S/C23H37N5OS.HI/c1-19-14-21(16-27(19)15-20-6-4-3-5-7-20)26-22(24-2)25-17-23(8-13-30-18-23)28-9-11-29-12-10-28;/h3-7,19,21H,8-18H2,1-2H3,(H2,24,25,26);1H. The van der Waals surface area contributed by atoms with Crippen LogP contribution in [0.2, 0.25) is 0 Å². The quantitative estimate of drug-likeness (QED) is 0.318. The van der Waals surface area contributed by atoms with Crippen LogP contribution in [-0.4, -0.2) is 91.3 Å². The average molecular weight is 560 g/mol. The molecular formula is C23H38IN5OS. The summed E-state index contributed by atoms with van der Waals surface area (Å²) in [5, 5.41) is 7.38. The number of likely N-dealkylation sites (tertiary alicyclic amines) is 1. The Morgan fingerprint density at radius 2 is 2.03 bits per heavy atom. The van der Waals surface area contributed by atoms with Crippen LogP contribution in [0.4, 0.5) is 0 Å². The van der Waals surface area contributed by atoms with Crippen LogP contribution in [0.15, 0.2) is 35.3 Å². The second kappa shape index (κ2) is 12.1. The Hall–Kier alpha value is -0.550. The molecule has 0 aliphatic carbocycles. The van der Waals surface area contributed by atoms with Crippen molar-refractivity contribution in [3.8, 4) is 0 Å². The number of morpholine rings is 1. The lowest BCUT2D eigenvalue weighted by molar-refractivity contribution is -0.0120. The molecule has 3 unspecified atom stereocenters. The van der Waals surface area contributed by atoms with Gasteiger partial charge in [0.25, 0.3) is 0 Å². The third-order valence-electron chi connectivity index (χ3n) is 6.85. The van der Waals surface area contributed by atoms with Gasteiger partial charge in [0.2, 0.25) is 0 Å². The molecule has 0 amide bonds. The molecule has 0 aromatic heterocycles. The van der Waals surface area contributed by atoms with Crippen molar-refractivity contribution in [1.29, 1.82) is 0 Å². The van der Waals surface area contributed by atoms with E-state index in [1.807, 2.05) is 7.05 Å². The van der Waals surface area contributed by atoms with E-state index in [0.717, 1.165) is 58.3 Å². The molecule has 2 N–H and O–H groups in total. The van der Waals surface area contributed by atoms with Gasteiger partial charge in [0.05, 0.1) is 13.2 Å². The van der Waals surface area contributed by atoms with Crippen LogP contribution in [0.1, 0.15) is 25.3 Å². The molecule has 31 heavy (non-hydrogen) atoms. The molecule has 1 aromatic carbocycles. The fourth-order valence-corrected chi connectivity index (χ4v) is 6.49. The molecule has 8 heteroatoms. The first kappa shape index (κ1) is 25.1. The SMILES string of the molecule is CN=C(NCC1(N2CCOCC2)CCSC1)NC1CC(C)N(Cc2ccccc2)C1.I. The first-order valence-electron chi connectivity index (χ1n) is 11.3. The number of nitrogens with zero attached hydrogens (tertiary/aromatic N) is 3. The van der Waals surface area contributed by atoms with E-state index in [-0.39, 0.29) is 29.5 Å². The zero-order valence-corrected chi connectivity index (χ0v) is 22.0. The van der Waals surface area contributed by atoms with E-state index in [1.165, 1.54) is 23.5 Å². The zero-order chi connectivity index (χ0) is 20.8. The normalized spacial score (nSPS) is 30.2. The molecule has 3 aliphatic heterocycles.